The topological polar surface area (TPSA) is 58.2 Å². The van der Waals surface area contributed by atoms with Gasteiger partial charge in [-0.1, -0.05) is 44.0 Å². The molecule has 6 heteroatoms. The van der Waals surface area contributed by atoms with Crippen molar-refractivity contribution in [2.24, 2.45) is 5.92 Å². The summed E-state index contributed by atoms with van der Waals surface area (Å²) in [6, 6.07) is 11.5. The Morgan fingerprint density at radius 3 is 2.36 bits per heavy atom. The van der Waals surface area contributed by atoms with E-state index in [4.69, 9.17) is 11.6 Å². The van der Waals surface area contributed by atoms with E-state index in [0.717, 1.165) is 0 Å². The average molecular weight is 363 g/mol. The molecule has 25 heavy (non-hydrogen) atoms. The summed E-state index contributed by atoms with van der Waals surface area (Å²) in [5.41, 5.74) is 0.484. The molecule has 2 amide bonds. The first kappa shape index (κ1) is 18.9. The van der Waals surface area contributed by atoms with Crippen LogP contribution in [0.5, 0.6) is 0 Å². The van der Waals surface area contributed by atoms with Crippen LogP contribution in [0.15, 0.2) is 48.5 Å². The summed E-state index contributed by atoms with van der Waals surface area (Å²) in [6.45, 7) is 3.77. The lowest BCUT2D eigenvalue weighted by Gasteiger charge is -2.23. The van der Waals surface area contributed by atoms with Gasteiger partial charge < -0.3 is 10.6 Å². The molecule has 0 fully saturated rings. The van der Waals surface area contributed by atoms with Gasteiger partial charge in [-0.2, -0.15) is 0 Å². The van der Waals surface area contributed by atoms with Crippen LogP contribution in [0.1, 0.15) is 30.6 Å². The Morgan fingerprint density at radius 2 is 1.76 bits per heavy atom. The van der Waals surface area contributed by atoms with Gasteiger partial charge in [0.05, 0.1) is 5.69 Å². The zero-order valence-corrected chi connectivity index (χ0v) is 14.8. The highest BCUT2D eigenvalue weighted by molar-refractivity contribution is 6.30. The van der Waals surface area contributed by atoms with Crippen molar-refractivity contribution in [1.82, 2.24) is 5.32 Å². The second kappa shape index (κ2) is 8.62. The molecule has 2 aromatic carbocycles. The first-order valence-corrected chi connectivity index (χ1v) is 8.42. The number of hydrogen-bond donors (Lipinski definition) is 2. The number of benzene rings is 2. The number of carbonyl (C=O) groups excluding carboxylic acids is 2. The molecular formula is C19H20ClFN2O2. The first-order chi connectivity index (χ1) is 11.9. The summed E-state index contributed by atoms with van der Waals surface area (Å²) >= 11 is 5.82. The highest BCUT2D eigenvalue weighted by Crippen LogP contribution is 2.16. The van der Waals surface area contributed by atoms with E-state index >= 15 is 0 Å². The van der Waals surface area contributed by atoms with Crippen LogP contribution in [0.2, 0.25) is 5.02 Å². The van der Waals surface area contributed by atoms with Gasteiger partial charge in [0.2, 0.25) is 5.91 Å². The van der Waals surface area contributed by atoms with Gasteiger partial charge in [-0.3, -0.25) is 9.59 Å². The van der Waals surface area contributed by atoms with E-state index < -0.39 is 17.8 Å². The Kier molecular flexibility index (Phi) is 6.53. The van der Waals surface area contributed by atoms with Gasteiger partial charge in [0.1, 0.15) is 11.9 Å². The molecule has 0 spiro atoms. The van der Waals surface area contributed by atoms with E-state index in [1.54, 1.807) is 36.4 Å². The number of para-hydroxylation sites is 1. The lowest BCUT2D eigenvalue weighted by molar-refractivity contribution is -0.119. The molecule has 2 aromatic rings. The van der Waals surface area contributed by atoms with Crippen molar-refractivity contribution in [3.63, 3.8) is 0 Å². The fraction of sp³-hybridized carbons (Fsp3) is 0.263. The minimum absolute atomic E-state index is 0.0848. The fourth-order valence-electron chi connectivity index (χ4n) is 2.30. The minimum atomic E-state index is -0.784. The molecule has 2 rings (SSSR count). The van der Waals surface area contributed by atoms with Crippen molar-refractivity contribution in [2.75, 3.05) is 5.32 Å². The third-order valence-electron chi connectivity index (χ3n) is 4.02. The minimum Gasteiger partial charge on any atom is -0.340 e. The van der Waals surface area contributed by atoms with Crippen molar-refractivity contribution < 1.29 is 14.0 Å². The highest BCUT2D eigenvalue weighted by Gasteiger charge is 2.27. The molecule has 0 saturated heterocycles. The molecule has 0 aliphatic rings. The maximum atomic E-state index is 13.7. The maximum Gasteiger partial charge on any atom is 0.251 e. The van der Waals surface area contributed by atoms with Crippen LogP contribution in [-0.2, 0) is 4.79 Å². The summed E-state index contributed by atoms with van der Waals surface area (Å²) in [6.07, 6.45) is 0.677. The molecule has 0 saturated carbocycles. The van der Waals surface area contributed by atoms with Gasteiger partial charge in [0.15, 0.2) is 0 Å². The van der Waals surface area contributed by atoms with Crippen LogP contribution in [0, 0.1) is 11.7 Å². The van der Waals surface area contributed by atoms with Crippen LogP contribution in [0.25, 0.3) is 0 Å². The quantitative estimate of drug-likeness (QED) is 0.806. The van der Waals surface area contributed by atoms with Gasteiger partial charge in [-0.25, -0.2) is 4.39 Å². The maximum absolute atomic E-state index is 13.7. The summed E-state index contributed by atoms with van der Waals surface area (Å²) in [7, 11) is 0. The lowest BCUT2D eigenvalue weighted by Crippen LogP contribution is -2.47. The van der Waals surface area contributed by atoms with Crippen molar-refractivity contribution in [2.45, 2.75) is 26.3 Å². The molecule has 132 valence electrons. The Labute approximate surface area is 151 Å². The van der Waals surface area contributed by atoms with Gasteiger partial charge >= 0.3 is 0 Å². The molecule has 0 unspecified atom stereocenters. The monoisotopic (exact) mass is 362 g/mol. The summed E-state index contributed by atoms with van der Waals surface area (Å²) < 4.78 is 13.7. The molecule has 0 radical (unpaired) electrons. The normalized spacial score (nSPS) is 13.0. The van der Waals surface area contributed by atoms with E-state index in [0.29, 0.717) is 17.0 Å². The molecule has 0 bridgehead atoms. The van der Waals surface area contributed by atoms with E-state index in [-0.39, 0.29) is 17.5 Å². The molecule has 4 nitrogen and oxygen atoms in total. The molecule has 0 aliphatic carbocycles. The van der Waals surface area contributed by atoms with Gasteiger partial charge in [-0.05, 0) is 42.3 Å². The number of rotatable bonds is 6. The number of anilines is 1. The molecule has 0 aromatic heterocycles. The smallest absolute Gasteiger partial charge is 0.251 e. The highest BCUT2D eigenvalue weighted by atomic mass is 35.5. The lowest BCUT2D eigenvalue weighted by atomic mass is 9.97. The standard InChI is InChI=1S/C19H20ClFN2O2/c1-3-12(2)17(19(25)22-16-7-5-4-6-15(16)21)23-18(24)13-8-10-14(20)11-9-13/h4-12,17H,3H2,1-2H3,(H,22,25)(H,23,24)/t12-,17-/m0/s1. The Morgan fingerprint density at radius 1 is 1.12 bits per heavy atom. The van der Waals surface area contributed by atoms with Crippen LogP contribution in [0.3, 0.4) is 0 Å². The zero-order valence-electron chi connectivity index (χ0n) is 14.1. The van der Waals surface area contributed by atoms with Crippen molar-refractivity contribution in [1.29, 1.82) is 0 Å². The largest absolute Gasteiger partial charge is 0.340 e. The second-order valence-electron chi connectivity index (χ2n) is 5.81. The average Bonchev–Trinajstić information content (AvgIpc) is 2.61. The Balaban J connectivity index is 2.15. The predicted octanol–water partition coefficient (Wildman–Crippen LogP) is 4.26. The Hall–Kier alpha value is -2.40. The van der Waals surface area contributed by atoms with Crippen LogP contribution in [-0.4, -0.2) is 17.9 Å². The van der Waals surface area contributed by atoms with Crippen molar-refractivity contribution >= 4 is 29.1 Å². The van der Waals surface area contributed by atoms with Crippen LogP contribution >= 0.6 is 11.6 Å². The number of halogens is 2. The van der Waals surface area contributed by atoms with E-state index in [1.807, 2.05) is 13.8 Å². The SMILES string of the molecule is CC[C@H](C)[C@H](NC(=O)c1ccc(Cl)cc1)C(=O)Nc1ccccc1F. The first-order valence-electron chi connectivity index (χ1n) is 8.04. The van der Waals surface area contributed by atoms with Gasteiger partial charge in [-0.15, -0.1) is 0 Å². The van der Waals surface area contributed by atoms with Crippen LogP contribution in [0.4, 0.5) is 10.1 Å². The van der Waals surface area contributed by atoms with E-state index in [1.165, 1.54) is 12.1 Å². The summed E-state index contributed by atoms with van der Waals surface area (Å²) in [4.78, 5) is 25.0. The summed E-state index contributed by atoms with van der Waals surface area (Å²) in [5.74, 6) is -1.49. The molecule has 0 heterocycles. The second-order valence-corrected chi connectivity index (χ2v) is 6.25. The number of hydrogen-bond acceptors (Lipinski definition) is 2. The van der Waals surface area contributed by atoms with E-state index in [9.17, 15) is 14.0 Å². The van der Waals surface area contributed by atoms with Crippen molar-refractivity contribution in [3.05, 3.63) is 64.9 Å². The number of carbonyl (C=O) groups is 2. The molecular weight excluding hydrogens is 343 g/mol. The molecule has 0 aliphatic heterocycles. The molecule has 2 atom stereocenters. The van der Waals surface area contributed by atoms with Crippen molar-refractivity contribution in [3.8, 4) is 0 Å². The number of nitrogens with one attached hydrogen (secondary N) is 2. The predicted molar refractivity (Wildman–Crippen MR) is 97.2 cm³/mol. The Bertz CT molecular complexity index is 749. The third-order valence-corrected chi connectivity index (χ3v) is 4.27. The van der Waals surface area contributed by atoms with Gasteiger partial charge in [0, 0.05) is 10.6 Å². The van der Waals surface area contributed by atoms with Gasteiger partial charge in [0.25, 0.3) is 5.91 Å². The molecule has 2 N–H and O–H groups in total. The van der Waals surface area contributed by atoms with E-state index in [2.05, 4.69) is 10.6 Å². The summed E-state index contributed by atoms with van der Waals surface area (Å²) in [5, 5.41) is 5.79. The fourth-order valence-corrected chi connectivity index (χ4v) is 2.43. The zero-order chi connectivity index (χ0) is 18.4. The third kappa shape index (κ3) is 5.03. The number of amides is 2. The van der Waals surface area contributed by atoms with Crippen LogP contribution < -0.4 is 10.6 Å².